The maximum atomic E-state index is 4.45. The van der Waals surface area contributed by atoms with Crippen LogP contribution in [0.15, 0.2) is 42.7 Å². The van der Waals surface area contributed by atoms with E-state index in [1.165, 1.54) is 10.9 Å². The minimum Gasteiger partial charge on any atom is -0.345 e. The van der Waals surface area contributed by atoms with Crippen LogP contribution in [0.3, 0.4) is 0 Å². The lowest BCUT2D eigenvalue weighted by molar-refractivity contribution is 0.684. The highest BCUT2D eigenvalue weighted by atomic mass is 15.0. The number of hydrogen-bond acceptors (Lipinski definition) is 3. The van der Waals surface area contributed by atoms with Gasteiger partial charge in [-0.25, -0.2) is 4.98 Å². The lowest BCUT2D eigenvalue weighted by Gasteiger charge is -2.06. The van der Waals surface area contributed by atoms with Gasteiger partial charge in [0, 0.05) is 36.6 Å². The molecule has 0 aliphatic heterocycles. The highest BCUT2D eigenvalue weighted by Gasteiger charge is 2.02. The third kappa shape index (κ3) is 2.63. The van der Waals surface area contributed by atoms with E-state index in [1.807, 2.05) is 25.4 Å². The van der Waals surface area contributed by atoms with Gasteiger partial charge in [0.05, 0.1) is 5.52 Å². The van der Waals surface area contributed by atoms with Gasteiger partial charge in [-0.2, -0.15) is 0 Å². The Morgan fingerprint density at radius 1 is 1.11 bits per heavy atom. The molecule has 2 aromatic heterocycles. The molecule has 0 aliphatic carbocycles. The first-order chi connectivity index (χ1) is 9.33. The number of nitrogens with zero attached hydrogens (tertiary/aromatic N) is 2. The monoisotopic (exact) mass is 252 g/mol. The molecule has 3 rings (SSSR count). The third-order valence-electron chi connectivity index (χ3n) is 3.10. The molecule has 4 heteroatoms. The van der Waals surface area contributed by atoms with Gasteiger partial charge in [-0.15, -0.1) is 0 Å². The Balaban J connectivity index is 1.71. The van der Waals surface area contributed by atoms with Crippen LogP contribution in [-0.2, 0) is 13.1 Å². The summed E-state index contributed by atoms with van der Waals surface area (Å²) in [6, 6.07) is 10.3. The Morgan fingerprint density at radius 3 is 2.84 bits per heavy atom. The van der Waals surface area contributed by atoms with Crippen molar-refractivity contribution in [3.63, 3.8) is 0 Å². The smallest absolute Gasteiger partial charge is 0.103 e. The van der Waals surface area contributed by atoms with E-state index in [2.05, 4.69) is 44.5 Å². The molecule has 2 N–H and O–H groups in total. The second-order valence-electron chi connectivity index (χ2n) is 4.59. The fourth-order valence-corrected chi connectivity index (χ4v) is 2.20. The Hall–Kier alpha value is -2.20. The van der Waals surface area contributed by atoms with Crippen molar-refractivity contribution >= 4 is 10.9 Å². The molecule has 0 bridgehead atoms. The van der Waals surface area contributed by atoms with E-state index < -0.39 is 0 Å². The van der Waals surface area contributed by atoms with Crippen molar-refractivity contribution in [2.24, 2.45) is 0 Å². The maximum Gasteiger partial charge on any atom is 0.103 e. The predicted octanol–water partition coefficient (Wildman–Crippen LogP) is 2.56. The zero-order valence-corrected chi connectivity index (χ0v) is 10.9. The number of nitrogens with one attached hydrogen (secondary N) is 2. The molecule has 1 aromatic carbocycles. The summed E-state index contributed by atoms with van der Waals surface area (Å²) in [5, 5.41) is 4.59. The quantitative estimate of drug-likeness (QED) is 0.750. The molecular formula is C15H16N4. The zero-order valence-electron chi connectivity index (χ0n) is 10.9. The minimum atomic E-state index is 0.782. The molecule has 0 aliphatic rings. The van der Waals surface area contributed by atoms with Gasteiger partial charge in [-0.3, -0.25) is 4.98 Å². The van der Waals surface area contributed by atoms with E-state index in [1.54, 1.807) is 0 Å². The first-order valence-corrected chi connectivity index (χ1v) is 6.37. The van der Waals surface area contributed by atoms with Crippen LogP contribution in [0.25, 0.3) is 10.9 Å². The van der Waals surface area contributed by atoms with Crippen LogP contribution in [0.4, 0.5) is 0 Å². The number of aromatic nitrogens is 3. The van der Waals surface area contributed by atoms with Gasteiger partial charge >= 0.3 is 0 Å². The van der Waals surface area contributed by atoms with E-state index >= 15 is 0 Å². The SMILES string of the molecule is Cc1ncc(CNCc2cccc3cccnc23)[nH]1. The second-order valence-corrected chi connectivity index (χ2v) is 4.59. The Morgan fingerprint density at radius 2 is 2.00 bits per heavy atom. The van der Waals surface area contributed by atoms with Gasteiger partial charge in [0.2, 0.25) is 0 Å². The largest absolute Gasteiger partial charge is 0.345 e. The van der Waals surface area contributed by atoms with Crippen LogP contribution in [-0.4, -0.2) is 15.0 Å². The number of aromatic amines is 1. The van der Waals surface area contributed by atoms with Crippen LogP contribution in [0.2, 0.25) is 0 Å². The van der Waals surface area contributed by atoms with Crippen molar-refractivity contribution in [2.45, 2.75) is 20.0 Å². The van der Waals surface area contributed by atoms with Gasteiger partial charge in [-0.1, -0.05) is 24.3 Å². The molecule has 3 aromatic rings. The second kappa shape index (κ2) is 5.20. The van der Waals surface area contributed by atoms with Crippen molar-refractivity contribution in [3.8, 4) is 0 Å². The highest BCUT2D eigenvalue weighted by Crippen LogP contribution is 2.15. The van der Waals surface area contributed by atoms with Crippen molar-refractivity contribution in [2.75, 3.05) is 0 Å². The molecule has 0 radical (unpaired) electrons. The predicted molar refractivity (Wildman–Crippen MR) is 75.6 cm³/mol. The summed E-state index contributed by atoms with van der Waals surface area (Å²) in [7, 11) is 0. The molecule has 0 atom stereocenters. The van der Waals surface area contributed by atoms with Gasteiger partial charge in [0.15, 0.2) is 0 Å². The number of H-pyrrole nitrogens is 1. The summed E-state index contributed by atoms with van der Waals surface area (Å²) in [5.74, 6) is 0.948. The molecule has 0 saturated carbocycles. The lowest BCUT2D eigenvalue weighted by Crippen LogP contribution is -2.13. The van der Waals surface area contributed by atoms with Crippen molar-refractivity contribution in [1.29, 1.82) is 0 Å². The van der Waals surface area contributed by atoms with Crippen LogP contribution in [0, 0.1) is 6.92 Å². The summed E-state index contributed by atoms with van der Waals surface area (Å²) in [6.45, 7) is 3.54. The molecule has 0 amide bonds. The summed E-state index contributed by atoms with van der Waals surface area (Å²) in [6.07, 6.45) is 3.70. The minimum absolute atomic E-state index is 0.782. The van der Waals surface area contributed by atoms with Crippen LogP contribution in [0.1, 0.15) is 17.1 Å². The standard InChI is InChI=1S/C15H16N4/c1-11-18-10-14(19-11)9-16-8-13-5-2-4-12-6-3-7-17-15(12)13/h2-7,10,16H,8-9H2,1H3,(H,18,19). The van der Waals surface area contributed by atoms with Gasteiger partial charge in [0.25, 0.3) is 0 Å². The van der Waals surface area contributed by atoms with Crippen LogP contribution < -0.4 is 5.32 Å². The van der Waals surface area contributed by atoms with E-state index in [9.17, 15) is 0 Å². The lowest BCUT2D eigenvalue weighted by atomic mass is 10.1. The molecule has 96 valence electrons. The first kappa shape index (κ1) is 11.9. The maximum absolute atomic E-state index is 4.45. The fraction of sp³-hybridized carbons (Fsp3) is 0.200. The normalized spacial score (nSPS) is 11.0. The zero-order chi connectivity index (χ0) is 13.1. The van der Waals surface area contributed by atoms with Crippen LogP contribution in [0.5, 0.6) is 0 Å². The third-order valence-corrected chi connectivity index (χ3v) is 3.10. The number of rotatable bonds is 4. The van der Waals surface area contributed by atoms with E-state index in [0.29, 0.717) is 0 Å². The number of fused-ring (bicyclic) bond motifs is 1. The topological polar surface area (TPSA) is 53.6 Å². The first-order valence-electron chi connectivity index (χ1n) is 6.37. The number of pyridine rings is 1. The number of hydrogen-bond donors (Lipinski definition) is 2. The van der Waals surface area contributed by atoms with E-state index in [0.717, 1.165) is 30.1 Å². The molecular weight excluding hydrogens is 236 g/mol. The summed E-state index contributed by atoms with van der Waals surface area (Å²) >= 11 is 0. The average Bonchev–Trinajstić information content (AvgIpc) is 2.85. The summed E-state index contributed by atoms with van der Waals surface area (Å²) < 4.78 is 0. The molecule has 0 saturated heterocycles. The Bertz CT molecular complexity index is 682. The van der Waals surface area contributed by atoms with Gasteiger partial charge in [0.1, 0.15) is 5.82 Å². The number of benzene rings is 1. The average molecular weight is 252 g/mol. The van der Waals surface area contributed by atoms with E-state index in [-0.39, 0.29) is 0 Å². The molecule has 19 heavy (non-hydrogen) atoms. The number of aryl methyl sites for hydroxylation is 1. The van der Waals surface area contributed by atoms with Crippen molar-refractivity contribution in [3.05, 3.63) is 59.8 Å². The van der Waals surface area contributed by atoms with Crippen LogP contribution >= 0.6 is 0 Å². The highest BCUT2D eigenvalue weighted by molar-refractivity contribution is 5.81. The molecule has 2 heterocycles. The Kier molecular flexibility index (Phi) is 3.25. The molecule has 0 spiro atoms. The van der Waals surface area contributed by atoms with Gasteiger partial charge < -0.3 is 10.3 Å². The van der Waals surface area contributed by atoms with Crippen molar-refractivity contribution in [1.82, 2.24) is 20.3 Å². The summed E-state index contributed by atoms with van der Waals surface area (Å²) in [5.41, 5.74) is 3.39. The van der Waals surface area contributed by atoms with Gasteiger partial charge in [-0.05, 0) is 18.6 Å². The van der Waals surface area contributed by atoms with Crippen molar-refractivity contribution < 1.29 is 0 Å². The fourth-order valence-electron chi connectivity index (χ4n) is 2.20. The summed E-state index contributed by atoms with van der Waals surface area (Å²) in [4.78, 5) is 11.8. The Labute approximate surface area is 111 Å². The molecule has 0 unspecified atom stereocenters. The number of para-hydroxylation sites is 1. The molecule has 0 fully saturated rings. The van der Waals surface area contributed by atoms with E-state index in [4.69, 9.17) is 0 Å². The molecule has 4 nitrogen and oxygen atoms in total. The number of imidazole rings is 1.